The fraction of sp³-hybridized carbons (Fsp3) is 0.300. The number of nitrogens with one attached hydrogen (secondary N) is 2. The average Bonchev–Trinajstić information content (AvgIpc) is 2.70. The first-order valence-corrected chi connectivity index (χ1v) is 9.69. The predicted octanol–water partition coefficient (Wildman–Crippen LogP) is 2.83. The van der Waals surface area contributed by atoms with Crippen LogP contribution in [0.5, 0.6) is 11.5 Å². The van der Waals surface area contributed by atoms with Gasteiger partial charge in [0, 0.05) is 21.3 Å². The van der Waals surface area contributed by atoms with Crippen molar-refractivity contribution in [2.45, 2.75) is 13.0 Å². The number of anilines is 1. The summed E-state index contributed by atoms with van der Waals surface area (Å²) in [6.07, 6.45) is 0. The molecule has 0 aliphatic heterocycles. The number of hydrogen-bond acceptors (Lipinski definition) is 7. The van der Waals surface area contributed by atoms with E-state index in [4.69, 9.17) is 30.5 Å². The molecule has 0 saturated heterocycles. The first-order valence-electron chi connectivity index (χ1n) is 8.90. The zero-order valence-electron chi connectivity index (χ0n) is 16.2. The van der Waals surface area contributed by atoms with Gasteiger partial charge in [-0.3, -0.25) is 5.41 Å². The van der Waals surface area contributed by atoms with E-state index in [1.807, 2.05) is 0 Å². The lowest BCUT2D eigenvalue weighted by molar-refractivity contribution is -0.144. The molecule has 0 saturated carbocycles. The zero-order chi connectivity index (χ0) is 21.4. The van der Waals surface area contributed by atoms with E-state index >= 15 is 0 Å². The van der Waals surface area contributed by atoms with Crippen molar-refractivity contribution >= 4 is 33.4 Å². The van der Waals surface area contributed by atoms with Gasteiger partial charge in [0.25, 0.3) is 0 Å². The number of carbonyl (C=O) groups excluding carboxylic acids is 1. The van der Waals surface area contributed by atoms with E-state index in [2.05, 4.69) is 21.2 Å². The summed E-state index contributed by atoms with van der Waals surface area (Å²) < 4.78 is 17.0. The van der Waals surface area contributed by atoms with E-state index in [0.29, 0.717) is 32.8 Å². The van der Waals surface area contributed by atoms with Crippen LogP contribution in [0.1, 0.15) is 24.1 Å². The Morgan fingerprint density at radius 1 is 1.31 bits per heavy atom. The smallest absolute Gasteiger partial charge is 0.333 e. The minimum absolute atomic E-state index is 0.0356. The third-order valence-electron chi connectivity index (χ3n) is 3.95. The molecule has 1 unspecified atom stereocenters. The van der Waals surface area contributed by atoms with Crippen molar-refractivity contribution in [2.24, 2.45) is 5.73 Å². The van der Waals surface area contributed by atoms with Crippen LogP contribution >= 0.6 is 15.9 Å². The quantitative estimate of drug-likeness (QED) is 0.241. The second kappa shape index (κ2) is 10.7. The van der Waals surface area contributed by atoms with Gasteiger partial charge in [-0.2, -0.15) is 0 Å². The van der Waals surface area contributed by atoms with E-state index in [1.54, 1.807) is 43.3 Å². The first kappa shape index (κ1) is 22.5. The Labute approximate surface area is 177 Å². The van der Waals surface area contributed by atoms with Gasteiger partial charge < -0.3 is 30.4 Å². The van der Waals surface area contributed by atoms with Crippen LogP contribution in [0.15, 0.2) is 40.9 Å². The van der Waals surface area contributed by atoms with E-state index in [-0.39, 0.29) is 25.7 Å². The lowest BCUT2D eigenvalue weighted by Gasteiger charge is -2.23. The molecule has 0 aromatic heterocycles. The van der Waals surface area contributed by atoms with Gasteiger partial charge >= 0.3 is 5.97 Å². The van der Waals surface area contributed by atoms with Crippen molar-refractivity contribution in [1.82, 2.24) is 0 Å². The van der Waals surface area contributed by atoms with Gasteiger partial charge in [-0.25, -0.2) is 4.79 Å². The highest BCUT2D eigenvalue weighted by Crippen LogP contribution is 2.39. The first-order chi connectivity index (χ1) is 13.9. The van der Waals surface area contributed by atoms with Crippen molar-refractivity contribution in [1.29, 1.82) is 5.41 Å². The number of nitrogen functional groups attached to an aromatic ring is 1. The van der Waals surface area contributed by atoms with Crippen LogP contribution in [-0.2, 0) is 9.53 Å². The summed E-state index contributed by atoms with van der Waals surface area (Å²) in [4.78, 5) is 12.8. The number of ether oxygens (including phenoxy) is 3. The highest BCUT2D eigenvalue weighted by molar-refractivity contribution is 9.10. The molecule has 0 amide bonds. The Hall–Kier alpha value is -2.78. The Kier molecular flexibility index (Phi) is 8.29. The maximum absolute atomic E-state index is 12.8. The molecule has 0 spiro atoms. The maximum Gasteiger partial charge on any atom is 0.333 e. The summed E-state index contributed by atoms with van der Waals surface area (Å²) in [6, 6.07) is 9.32. The van der Waals surface area contributed by atoms with Gasteiger partial charge in [0.2, 0.25) is 0 Å². The number of aliphatic hydroxyl groups excluding tert-OH is 1. The van der Waals surface area contributed by atoms with Gasteiger partial charge in [0.05, 0.1) is 20.3 Å². The van der Waals surface area contributed by atoms with E-state index in [9.17, 15) is 4.79 Å². The van der Waals surface area contributed by atoms with Crippen molar-refractivity contribution in [3.63, 3.8) is 0 Å². The minimum atomic E-state index is -0.904. The standard InChI is InChI=1S/C20H24BrN3O5/c1-3-28-20(26)17(24-14-6-4-12(5-7-14)19(22)23)15-10-13(21)11-16(27-2)18(15)29-9-8-25/h4-7,10-11,17,24-25H,3,8-9H2,1-2H3,(H3,22,23). The third-order valence-corrected chi connectivity index (χ3v) is 4.40. The summed E-state index contributed by atoms with van der Waals surface area (Å²) in [5, 5.41) is 19.8. The fourth-order valence-corrected chi connectivity index (χ4v) is 3.11. The lowest BCUT2D eigenvalue weighted by atomic mass is 10.0. The van der Waals surface area contributed by atoms with E-state index in [1.165, 1.54) is 7.11 Å². The highest BCUT2D eigenvalue weighted by atomic mass is 79.9. The molecule has 5 N–H and O–H groups in total. The number of hydrogen-bond donors (Lipinski definition) is 4. The largest absolute Gasteiger partial charge is 0.493 e. The zero-order valence-corrected chi connectivity index (χ0v) is 17.8. The number of amidine groups is 1. The molecule has 9 heteroatoms. The number of carbonyl (C=O) groups is 1. The third kappa shape index (κ3) is 5.85. The number of benzene rings is 2. The molecular weight excluding hydrogens is 442 g/mol. The molecule has 0 radical (unpaired) electrons. The number of aliphatic hydroxyl groups is 1. The highest BCUT2D eigenvalue weighted by Gasteiger charge is 2.28. The molecule has 2 aromatic rings. The summed E-state index contributed by atoms with van der Waals surface area (Å²) >= 11 is 3.42. The molecule has 0 aliphatic rings. The average molecular weight is 466 g/mol. The molecule has 2 aromatic carbocycles. The van der Waals surface area contributed by atoms with E-state index in [0.717, 1.165) is 0 Å². The lowest BCUT2D eigenvalue weighted by Crippen LogP contribution is -2.24. The maximum atomic E-state index is 12.8. The van der Waals surface area contributed by atoms with Crippen LogP contribution in [0.25, 0.3) is 0 Å². The molecule has 0 aliphatic carbocycles. The Bertz CT molecular complexity index is 858. The van der Waals surface area contributed by atoms with Gasteiger partial charge in [-0.15, -0.1) is 0 Å². The van der Waals surface area contributed by atoms with Crippen LogP contribution in [0.3, 0.4) is 0 Å². The number of methoxy groups -OCH3 is 1. The number of esters is 1. The monoisotopic (exact) mass is 465 g/mol. The van der Waals surface area contributed by atoms with Crippen LogP contribution in [-0.4, -0.2) is 43.8 Å². The molecule has 0 fully saturated rings. The summed E-state index contributed by atoms with van der Waals surface area (Å²) in [7, 11) is 1.49. The topological polar surface area (TPSA) is 127 Å². The normalized spacial score (nSPS) is 11.4. The molecule has 2 rings (SSSR count). The van der Waals surface area contributed by atoms with Gasteiger partial charge in [-0.05, 0) is 43.3 Å². The Morgan fingerprint density at radius 3 is 2.55 bits per heavy atom. The molecule has 0 heterocycles. The summed E-state index contributed by atoms with van der Waals surface area (Å²) in [6.45, 7) is 1.77. The Balaban J connectivity index is 2.50. The molecule has 29 heavy (non-hydrogen) atoms. The van der Waals surface area contributed by atoms with Crippen LogP contribution in [0.2, 0.25) is 0 Å². The summed E-state index contributed by atoms with van der Waals surface area (Å²) in [5.41, 5.74) is 7.17. The number of rotatable bonds is 10. The molecule has 156 valence electrons. The molecular formula is C20H24BrN3O5. The Morgan fingerprint density at radius 2 is 2.00 bits per heavy atom. The molecule has 0 bridgehead atoms. The van der Waals surface area contributed by atoms with Crippen molar-refractivity contribution in [3.05, 3.63) is 52.0 Å². The second-order valence-corrected chi connectivity index (χ2v) is 6.83. The fourth-order valence-electron chi connectivity index (χ4n) is 2.66. The SMILES string of the molecule is CCOC(=O)C(Nc1ccc(C(=N)N)cc1)c1cc(Br)cc(OC)c1OCCO. The van der Waals surface area contributed by atoms with Crippen LogP contribution in [0, 0.1) is 5.41 Å². The van der Waals surface area contributed by atoms with Gasteiger partial charge in [0.1, 0.15) is 12.4 Å². The predicted molar refractivity (Wildman–Crippen MR) is 114 cm³/mol. The number of nitrogens with two attached hydrogens (primary N) is 1. The summed E-state index contributed by atoms with van der Waals surface area (Å²) in [5.74, 6) is 0.188. The van der Waals surface area contributed by atoms with Crippen molar-refractivity contribution in [2.75, 3.05) is 32.2 Å². The second-order valence-electron chi connectivity index (χ2n) is 5.92. The van der Waals surface area contributed by atoms with Crippen LogP contribution < -0.4 is 20.5 Å². The van der Waals surface area contributed by atoms with Gasteiger partial charge in [0.15, 0.2) is 17.5 Å². The van der Waals surface area contributed by atoms with Crippen LogP contribution in [0.4, 0.5) is 5.69 Å². The minimum Gasteiger partial charge on any atom is -0.493 e. The van der Waals surface area contributed by atoms with E-state index < -0.39 is 12.0 Å². The van der Waals surface area contributed by atoms with Crippen molar-refractivity contribution in [3.8, 4) is 11.5 Å². The number of halogens is 1. The van der Waals surface area contributed by atoms with Crippen molar-refractivity contribution < 1.29 is 24.1 Å². The van der Waals surface area contributed by atoms with Gasteiger partial charge in [-0.1, -0.05) is 15.9 Å². The molecule has 8 nitrogen and oxygen atoms in total. The molecule has 1 atom stereocenters.